The number of hydrogen-bond donors (Lipinski definition) is 3. The van der Waals surface area contributed by atoms with E-state index in [9.17, 15) is 0 Å². The third-order valence-electron chi connectivity index (χ3n) is 2.90. The molecule has 0 aromatic carbocycles. The van der Waals surface area contributed by atoms with Crippen molar-refractivity contribution in [3.05, 3.63) is 6.33 Å². The molecule has 0 saturated carbocycles. The van der Waals surface area contributed by atoms with E-state index in [4.69, 9.17) is 15.6 Å². The maximum absolute atomic E-state index is 9.01. The molecule has 2 aromatic rings. The van der Waals surface area contributed by atoms with Crippen LogP contribution in [-0.4, -0.2) is 37.6 Å². The molecule has 1 aliphatic rings. The zero-order valence-corrected chi connectivity index (χ0v) is 8.63. The number of fused-ring (bicyclic) bond motifs is 1. The molecular weight excluding hydrogens is 210 g/mol. The molecule has 86 valence electrons. The van der Waals surface area contributed by atoms with Crippen LogP contribution in [0.25, 0.3) is 11.2 Å². The van der Waals surface area contributed by atoms with Crippen molar-refractivity contribution in [3.63, 3.8) is 0 Å². The summed E-state index contributed by atoms with van der Waals surface area (Å²) < 4.78 is 7.50. The Morgan fingerprint density at radius 3 is 3.25 bits per heavy atom. The summed E-state index contributed by atoms with van der Waals surface area (Å²) in [5, 5.41) is 15.8. The molecule has 3 rings (SSSR count). The summed E-state index contributed by atoms with van der Waals surface area (Å²) in [7, 11) is 0. The number of nitrogens with zero attached hydrogens (tertiary/aromatic N) is 3. The Morgan fingerprint density at radius 2 is 2.50 bits per heavy atom. The van der Waals surface area contributed by atoms with Crippen LogP contribution in [0.1, 0.15) is 19.1 Å². The van der Waals surface area contributed by atoms with Gasteiger partial charge in [0.15, 0.2) is 11.2 Å². The van der Waals surface area contributed by atoms with Gasteiger partial charge < -0.3 is 15.6 Å². The highest BCUT2D eigenvalue weighted by molar-refractivity contribution is 5.82. The first kappa shape index (κ1) is 9.61. The van der Waals surface area contributed by atoms with Crippen LogP contribution in [0, 0.1) is 0 Å². The number of nitrogens with one attached hydrogen (secondary N) is 1. The van der Waals surface area contributed by atoms with E-state index >= 15 is 0 Å². The van der Waals surface area contributed by atoms with Gasteiger partial charge in [-0.15, -0.1) is 0 Å². The van der Waals surface area contributed by atoms with E-state index in [0.717, 1.165) is 12.8 Å². The number of nitrogen functional groups attached to an aromatic ring is 1. The van der Waals surface area contributed by atoms with E-state index in [1.165, 1.54) is 0 Å². The minimum atomic E-state index is -0.107. The van der Waals surface area contributed by atoms with Gasteiger partial charge >= 0.3 is 0 Å². The number of rotatable bonds is 2. The molecule has 16 heavy (non-hydrogen) atoms. The smallest absolute Gasteiger partial charge is 0.186 e. The van der Waals surface area contributed by atoms with Crippen molar-refractivity contribution in [2.45, 2.75) is 25.2 Å². The number of hydrogen-bond acceptors (Lipinski definition) is 5. The maximum Gasteiger partial charge on any atom is 0.186 e. The number of H-pyrrole nitrogens is 1. The second-order valence-corrected chi connectivity index (χ2v) is 3.93. The molecule has 0 spiro atoms. The Balaban J connectivity index is 1.94. The normalized spacial score (nSPS) is 25.6. The van der Waals surface area contributed by atoms with E-state index in [1.54, 1.807) is 6.33 Å². The summed E-state index contributed by atoms with van der Waals surface area (Å²) in [6, 6.07) is 0. The summed E-state index contributed by atoms with van der Waals surface area (Å²) >= 11 is 0. The fourth-order valence-electron chi connectivity index (χ4n) is 2.06. The SMILES string of the molecule is Nc1[nH]nc2c1ncn2[C@@H]1CC[C@H](CO)O1. The summed E-state index contributed by atoms with van der Waals surface area (Å²) in [5.74, 6) is 0.463. The molecule has 4 N–H and O–H groups in total. The molecule has 3 heterocycles. The fraction of sp³-hybridized carbons (Fsp3) is 0.556. The first-order valence-corrected chi connectivity index (χ1v) is 5.22. The van der Waals surface area contributed by atoms with Gasteiger partial charge in [0, 0.05) is 0 Å². The third-order valence-corrected chi connectivity index (χ3v) is 2.90. The first-order valence-electron chi connectivity index (χ1n) is 5.22. The van der Waals surface area contributed by atoms with Crippen molar-refractivity contribution in [3.8, 4) is 0 Å². The van der Waals surface area contributed by atoms with Crippen LogP contribution in [0.5, 0.6) is 0 Å². The molecule has 0 aliphatic carbocycles. The zero-order chi connectivity index (χ0) is 11.1. The molecule has 0 unspecified atom stereocenters. The van der Waals surface area contributed by atoms with Crippen molar-refractivity contribution in [1.29, 1.82) is 0 Å². The predicted molar refractivity (Wildman–Crippen MR) is 56.5 cm³/mol. The molecule has 1 saturated heterocycles. The first-order chi connectivity index (χ1) is 7.79. The van der Waals surface area contributed by atoms with Crippen LogP contribution < -0.4 is 5.73 Å². The van der Waals surface area contributed by atoms with Gasteiger partial charge in [-0.1, -0.05) is 0 Å². The van der Waals surface area contributed by atoms with Crippen molar-refractivity contribution < 1.29 is 9.84 Å². The maximum atomic E-state index is 9.01. The Hall–Kier alpha value is -1.60. The number of imidazole rings is 1. The third kappa shape index (κ3) is 1.29. The van der Waals surface area contributed by atoms with Gasteiger partial charge in [-0.3, -0.25) is 9.67 Å². The average Bonchev–Trinajstić information content (AvgIpc) is 2.96. The Labute approximate surface area is 91.2 Å². The molecular formula is C9H13N5O2. The van der Waals surface area contributed by atoms with Crippen LogP contribution in [0.4, 0.5) is 5.82 Å². The highest BCUT2D eigenvalue weighted by atomic mass is 16.5. The highest BCUT2D eigenvalue weighted by Gasteiger charge is 2.27. The van der Waals surface area contributed by atoms with E-state index < -0.39 is 0 Å². The molecule has 1 aliphatic heterocycles. The zero-order valence-electron chi connectivity index (χ0n) is 8.63. The quantitative estimate of drug-likeness (QED) is 0.665. The molecule has 1 fully saturated rings. The molecule has 0 amide bonds. The predicted octanol–water partition coefficient (Wildman–Crippen LogP) is 0.0115. The van der Waals surface area contributed by atoms with Crippen molar-refractivity contribution in [1.82, 2.24) is 19.7 Å². The number of aromatic amines is 1. The average molecular weight is 223 g/mol. The lowest BCUT2D eigenvalue weighted by Gasteiger charge is -2.12. The monoisotopic (exact) mass is 223 g/mol. The lowest BCUT2D eigenvalue weighted by atomic mass is 10.2. The number of ether oxygens (including phenoxy) is 1. The largest absolute Gasteiger partial charge is 0.394 e. The van der Waals surface area contributed by atoms with E-state index in [0.29, 0.717) is 17.0 Å². The summed E-state index contributed by atoms with van der Waals surface area (Å²) in [6.07, 6.45) is 3.18. The van der Waals surface area contributed by atoms with Crippen LogP contribution in [0.3, 0.4) is 0 Å². The summed E-state index contributed by atoms with van der Waals surface area (Å²) in [4.78, 5) is 4.18. The number of aliphatic hydroxyl groups excluding tert-OH is 1. The van der Waals surface area contributed by atoms with Gasteiger partial charge in [0.1, 0.15) is 12.0 Å². The standard InChI is InChI=1S/C9H13N5O2/c10-8-7-9(13-12-8)14(4-11-7)6-2-1-5(3-15)16-6/h4-6,15H,1-3H2,(H3,10,12,13)/t5-,6+/m1/s1. The Bertz CT molecular complexity index is 505. The molecule has 2 aromatic heterocycles. The van der Waals surface area contributed by atoms with Gasteiger partial charge in [0.05, 0.1) is 19.0 Å². The van der Waals surface area contributed by atoms with Gasteiger partial charge in [-0.25, -0.2) is 4.98 Å². The van der Waals surface area contributed by atoms with Gasteiger partial charge in [-0.2, -0.15) is 5.10 Å². The second kappa shape index (κ2) is 3.46. The Morgan fingerprint density at radius 1 is 1.62 bits per heavy atom. The molecule has 7 heteroatoms. The molecule has 7 nitrogen and oxygen atoms in total. The second-order valence-electron chi connectivity index (χ2n) is 3.93. The van der Waals surface area contributed by atoms with E-state index in [-0.39, 0.29) is 18.9 Å². The van der Waals surface area contributed by atoms with Gasteiger partial charge in [0.2, 0.25) is 0 Å². The van der Waals surface area contributed by atoms with Crippen molar-refractivity contribution in [2.24, 2.45) is 0 Å². The topological polar surface area (TPSA) is 102 Å². The number of anilines is 1. The van der Waals surface area contributed by atoms with Gasteiger partial charge in [0.25, 0.3) is 0 Å². The van der Waals surface area contributed by atoms with Crippen LogP contribution >= 0.6 is 0 Å². The number of aliphatic hydroxyl groups is 1. The van der Waals surface area contributed by atoms with Crippen LogP contribution in [0.15, 0.2) is 6.33 Å². The van der Waals surface area contributed by atoms with Crippen molar-refractivity contribution in [2.75, 3.05) is 12.3 Å². The molecule has 0 radical (unpaired) electrons. The Kier molecular flexibility index (Phi) is 2.08. The highest BCUT2D eigenvalue weighted by Crippen LogP contribution is 2.30. The van der Waals surface area contributed by atoms with E-state index in [2.05, 4.69) is 15.2 Å². The minimum Gasteiger partial charge on any atom is -0.394 e. The van der Waals surface area contributed by atoms with Crippen LogP contribution in [-0.2, 0) is 4.74 Å². The minimum absolute atomic E-state index is 0.0526. The number of aromatic nitrogens is 4. The lowest BCUT2D eigenvalue weighted by Crippen LogP contribution is -2.13. The molecule has 2 atom stereocenters. The fourth-order valence-corrected chi connectivity index (χ4v) is 2.06. The summed E-state index contributed by atoms with van der Waals surface area (Å²) in [6.45, 7) is 0.0526. The summed E-state index contributed by atoms with van der Waals surface area (Å²) in [5.41, 5.74) is 7.03. The van der Waals surface area contributed by atoms with Crippen LogP contribution in [0.2, 0.25) is 0 Å². The lowest BCUT2D eigenvalue weighted by molar-refractivity contribution is -0.0207. The molecule has 0 bridgehead atoms. The van der Waals surface area contributed by atoms with E-state index in [1.807, 2.05) is 4.57 Å². The van der Waals surface area contributed by atoms with Crippen molar-refractivity contribution >= 4 is 17.0 Å². The number of nitrogens with two attached hydrogens (primary N) is 1. The van der Waals surface area contributed by atoms with Gasteiger partial charge in [-0.05, 0) is 12.8 Å².